The quantitative estimate of drug-likeness (QED) is 0.846. The molecule has 0 amide bonds. The van der Waals surface area contributed by atoms with E-state index in [0.717, 1.165) is 17.9 Å². The molecule has 0 saturated carbocycles. The summed E-state index contributed by atoms with van der Waals surface area (Å²) in [5.41, 5.74) is 0.889. The van der Waals surface area contributed by atoms with Crippen LogP contribution >= 0.6 is 0 Å². The summed E-state index contributed by atoms with van der Waals surface area (Å²) >= 11 is 0. The van der Waals surface area contributed by atoms with E-state index in [1.807, 2.05) is 6.07 Å². The molecule has 1 fully saturated rings. The molecule has 1 aliphatic heterocycles. The smallest absolute Gasteiger partial charge is 0.120 e. The molecule has 0 spiro atoms. The second kappa shape index (κ2) is 7.66. The monoisotopic (exact) mass is 292 g/mol. The minimum Gasteiger partial charge on any atom is -0.508 e. The first-order valence-corrected chi connectivity index (χ1v) is 7.96. The molecule has 0 radical (unpaired) electrons. The summed E-state index contributed by atoms with van der Waals surface area (Å²) in [6.07, 6.45) is 4.00. The van der Waals surface area contributed by atoms with Crippen LogP contribution in [0.25, 0.3) is 0 Å². The lowest BCUT2D eigenvalue weighted by atomic mass is 10.1. The number of piperidine rings is 1. The van der Waals surface area contributed by atoms with Crippen molar-refractivity contribution in [1.82, 2.24) is 10.2 Å². The van der Waals surface area contributed by atoms with Crippen LogP contribution in [0.3, 0.4) is 0 Å². The number of hydrogen-bond acceptors (Lipinski definition) is 4. The zero-order valence-electron chi connectivity index (χ0n) is 13.4. The van der Waals surface area contributed by atoms with E-state index in [-0.39, 0.29) is 6.04 Å². The molecule has 0 aliphatic carbocycles. The van der Waals surface area contributed by atoms with Gasteiger partial charge in [-0.3, -0.25) is 4.90 Å². The van der Waals surface area contributed by atoms with Crippen molar-refractivity contribution in [2.45, 2.75) is 45.2 Å². The fourth-order valence-corrected chi connectivity index (χ4v) is 2.95. The van der Waals surface area contributed by atoms with Crippen LogP contribution in [0, 0.1) is 0 Å². The van der Waals surface area contributed by atoms with Gasteiger partial charge in [-0.15, -0.1) is 0 Å². The van der Waals surface area contributed by atoms with E-state index in [4.69, 9.17) is 4.74 Å². The number of rotatable bonds is 6. The number of nitrogens with one attached hydrogen (secondary N) is 1. The Morgan fingerprint density at radius 3 is 2.62 bits per heavy atom. The van der Waals surface area contributed by atoms with E-state index in [9.17, 15) is 5.11 Å². The van der Waals surface area contributed by atoms with Gasteiger partial charge in [-0.1, -0.05) is 6.42 Å². The Labute approximate surface area is 128 Å². The average molecular weight is 292 g/mol. The second-order valence-electron chi connectivity index (χ2n) is 6.00. The van der Waals surface area contributed by atoms with Gasteiger partial charge in [0, 0.05) is 24.2 Å². The van der Waals surface area contributed by atoms with E-state index in [0.29, 0.717) is 11.8 Å². The summed E-state index contributed by atoms with van der Waals surface area (Å²) in [6.45, 7) is 7.70. The first-order chi connectivity index (χ1) is 10.1. The van der Waals surface area contributed by atoms with Gasteiger partial charge in [-0.25, -0.2) is 0 Å². The van der Waals surface area contributed by atoms with Crippen LogP contribution in [-0.2, 0) is 0 Å². The topological polar surface area (TPSA) is 44.7 Å². The van der Waals surface area contributed by atoms with Crippen LogP contribution in [0.15, 0.2) is 18.2 Å². The minimum atomic E-state index is 0.104. The van der Waals surface area contributed by atoms with Crippen molar-refractivity contribution in [3.05, 3.63) is 23.8 Å². The highest BCUT2D eigenvalue weighted by molar-refractivity contribution is 5.41. The molecule has 0 aromatic heterocycles. The Morgan fingerprint density at radius 1 is 1.24 bits per heavy atom. The maximum Gasteiger partial charge on any atom is 0.120 e. The van der Waals surface area contributed by atoms with Gasteiger partial charge in [-0.05, 0) is 58.0 Å². The number of aromatic hydroxyl groups is 1. The van der Waals surface area contributed by atoms with Gasteiger partial charge >= 0.3 is 0 Å². The normalized spacial score (nSPS) is 19.2. The fourth-order valence-electron chi connectivity index (χ4n) is 2.95. The summed E-state index contributed by atoms with van der Waals surface area (Å²) in [7, 11) is 1.65. The number of methoxy groups -OCH3 is 1. The number of phenols is 1. The van der Waals surface area contributed by atoms with Crippen molar-refractivity contribution in [2.24, 2.45) is 0 Å². The summed E-state index contributed by atoms with van der Waals surface area (Å²) < 4.78 is 5.23. The van der Waals surface area contributed by atoms with Crippen molar-refractivity contribution in [2.75, 3.05) is 26.7 Å². The maximum atomic E-state index is 10.0. The predicted molar refractivity (Wildman–Crippen MR) is 86.0 cm³/mol. The van der Waals surface area contributed by atoms with Crippen LogP contribution in [-0.4, -0.2) is 42.8 Å². The molecule has 1 aromatic rings. The number of ether oxygens (including phenoxy) is 1. The first kappa shape index (κ1) is 16.1. The van der Waals surface area contributed by atoms with Crippen LogP contribution in [0.5, 0.6) is 11.5 Å². The third-order valence-corrected chi connectivity index (χ3v) is 4.43. The van der Waals surface area contributed by atoms with Gasteiger partial charge in [0.25, 0.3) is 0 Å². The number of hydrogen-bond donors (Lipinski definition) is 2. The highest BCUT2D eigenvalue weighted by Crippen LogP contribution is 2.28. The van der Waals surface area contributed by atoms with Crippen molar-refractivity contribution in [3.63, 3.8) is 0 Å². The predicted octanol–water partition coefficient (Wildman–Crippen LogP) is 2.93. The van der Waals surface area contributed by atoms with Crippen molar-refractivity contribution in [3.8, 4) is 11.5 Å². The Bertz CT molecular complexity index is 444. The lowest BCUT2D eigenvalue weighted by molar-refractivity contribution is 0.168. The number of likely N-dealkylation sites (tertiary alicyclic amines) is 1. The van der Waals surface area contributed by atoms with Crippen molar-refractivity contribution >= 4 is 0 Å². The first-order valence-electron chi connectivity index (χ1n) is 7.96. The standard InChI is InChI=1S/C17H28N2O2/c1-13(19-9-5-4-6-10-19)12-18-14(2)16-11-15(21-3)7-8-17(16)20/h7-8,11,13-14,18,20H,4-6,9-10,12H2,1-3H3. The molecule has 0 bridgehead atoms. The molecule has 1 aromatic carbocycles. The van der Waals surface area contributed by atoms with E-state index in [1.54, 1.807) is 19.2 Å². The molecule has 2 unspecified atom stereocenters. The number of benzene rings is 1. The van der Waals surface area contributed by atoms with Crippen LogP contribution < -0.4 is 10.1 Å². The molecular weight excluding hydrogens is 264 g/mol. The molecule has 1 saturated heterocycles. The van der Waals surface area contributed by atoms with Gasteiger partial charge < -0.3 is 15.2 Å². The van der Waals surface area contributed by atoms with E-state index < -0.39 is 0 Å². The molecule has 2 atom stereocenters. The molecule has 21 heavy (non-hydrogen) atoms. The zero-order valence-corrected chi connectivity index (χ0v) is 13.4. The van der Waals surface area contributed by atoms with Crippen LogP contribution in [0.1, 0.15) is 44.7 Å². The second-order valence-corrected chi connectivity index (χ2v) is 6.00. The summed E-state index contributed by atoms with van der Waals surface area (Å²) in [6, 6.07) is 6.01. The highest BCUT2D eigenvalue weighted by atomic mass is 16.5. The van der Waals surface area contributed by atoms with Crippen molar-refractivity contribution < 1.29 is 9.84 Å². The summed E-state index contributed by atoms with van der Waals surface area (Å²) in [4.78, 5) is 2.55. The number of phenolic OH excluding ortho intramolecular Hbond substituents is 1. The molecule has 2 N–H and O–H groups in total. The zero-order chi connectivity index (χ0) is 15.2. The van der Waals surface area contributed by atoms with Gasteiger partial charge in [0.1, 0.15) is 11.5 Å². The number of nitrogens with zero attached hydrogens (tertiary/aromatic N) is 1. The Hall–Kier alpha value is -1.26. The molecule has 2 rings (SSSR count). The van der Waals surface area contributed by atoms with E-state index in [1.165, 1.54) is 32.4 Å². The molecule has 118 valence electrons. The van der Waals surface area contributed by atoms with E-state index >= 15 is 0 Å². The van der Waals surface area contributed by atoms with Gasteiger partial charge in [0.05, 0.1) is 7.11 Å². The Morgan fingerprint density at radius 2 is 1.95 bits per heavy atom. The molecular formula is C17H28N2O2. The van der Waals surface area contributed by atoms with Crippen LogP contribution in [0.4, 0.5) is 0 Å². The minimum absolute atomic E-state index is 0.104. The highest BCUT2D eigenvalue weighted by Gasteiger charge is 2.18. The SMILES string of the molecule is COc1ccc(O)c(C(C)NCC(C)N2CCCCC2)c1. The van der Waals surface area contributed by atoms with Crippen molar-refractivity contribution in [1.29, 1.82) is 0 Å². The Kier molecular flexibility index (Phi) is 5.88. The van der Waals surface area contributed by atoms with E-state index in [2.05, 4.69) is 24.1 Å². The maximum absolute atomic E-state index is 10.0. The fraction of sp³-hybridized carbons (Fsp3) is 0.647. The Balaban J connectivity index is 1.90. The van der Waals surface area contributed by atoms with Crippen LogP contribution in [0.2, 0.25) is 0 Å². The van der Waals surface area contributed by atoms with Gasteiger partial charge in [-0.2, -0.15) is 0 Å². The van der Waals surface area contributed by atoms with Gasteiger partial charge in [0.2, 0.25) is 0 Å². The molecule has 1 heterocycles. The lowest BCUT2D eigenvalue weighted by Gasteiger charge is -2.33. The summed E-state index contributed by atoms with van der Waals surface area (Å²) in [5.74, 6) is 1.10. The molecule has 1 aliphatic rings. The third-order valence-electron chi connectivity index (χ3n) is 4.43. The van der Waals surface area contributed by atoms with Gasteiger partial charge in [0.15, 0.2) is 0 Å². The largest absolute Gasteiger partial charge is 0.508 e. The third kappa shape index (κ3) is 4.35. The lowest BCUT2D eigenvalue weighted by Crippen LogP contribution is -2.43. The molecule has 4 heteroatoms. The average Bonchev–Trinajstić information content (AvgIpc) is 2.53. The summed E-state index contributed by atoms with van der Waals surface area (Å²) in [5, 5.41) is 13.5. The molecule has 4 nitrogen and oxygen atoms in total.